The summed E-state index contributed by atoms with van der Waals surface area (Å²) in [6, 6.07) is 3.06. The molecule has 2 atom stereocenters. The minimum Gasteiger partial charge on any atom is -0.382 e. The zero-order valence-corrected chi connectivity index (χ0v) is 11.4. The van der Waals surface area contributed by atoms with Crippen LogP contribution in [0.2, 0.25) is 0 Å². The lowest BCUT2D eigenvalue weighted by atomic mass is 9.98. The molecule has 0 bridgehead atoms. The van der Waals surface area contributed by atoms with Crippen LogP contribution in [0.15, 0.2) is 12.1 Å². The van der Waals surface area contributed by atoms with Crippen LogP contribution in [-0.2, 0) is 4.74 Å². The van der Waals surface area contributed by atoms with Gasteiger partial charge in [0.1, 0.15) is 0 Å². The molecule has 0 aliphatic rings. The van der Waals surface area contributed by atoms with E-state index in [9.17, 15) is 8.78 Å². The van der Waals surface area contributed by atoms with Crippen LogP contribution >= 0.6 is 0 Å². The molecule has 4 heteroatoms. The first kappa shape index (κ1) is 15.1. The standard InChI is InChI=1S/C14H21F2NO/c1-9-5-7-11(14(16)13(9)15)12(17-3)8-6-10(2)18-4/h5,7,10,12,17H,6,8H2,1-4H3. The van der Waals surface area contributed by atoms with Gasteiger partial charge in [-0.05, 0) is 39.3 Å². The number of hydrogen-bond acceptors (Lipinski definition) is 2. The molecule has 0 aliphatic carbocycles. The first-order valence-electron chi connectivity index (χ1n) is 6.15. The molecule has 0 aromatic heterocycles. The van der Waals surface area contributed by atoms with E-state index in [0.717, 1.165) is 6.42 Å². The van der Waals surface area contributed by atoms with Crippen molar-refractivity contribution in [2.75, 3.05) is 14.2 Å². The molecular weight excluding hydrogens is 236 g/mol. The van der Waals surface area contributed by atoms with Gasteiger partial charge in [-0.3, -0.25) is 0 Å². The van der Waals surface area contributed by atoms with Crippen molar-refractivity contribution in [1.29, 1.82) is 0 Å². The molecular formula is C14H21F2NO. The van der Waals surface area contributed by atoms with Crippen molar-refractivity contribution in [1.82, 2.24) is 5.32 Å². The summed E-state index contributed by atoms with van der Waals surface area (Å²) in [5, 5.41) is 3.02. The van der Waals surface area contributed by atoms with E-state index in [-0.39, 0.29) is 12.1 Å². The fraction of sp³-hybridized carbons (Fsp3) is 0.571. The number of benzene rings is 1. The van der Waals surface area contributed by atoms with Crippen LogP contribution in [0, 0.1) is 18.6 Å². The van der Waals surface area contributed by atoms with E-state index in [2.05, 4.69) is 5.32 Å². The van der Waals surface area contributed by atoms with Gasteiger partial charge in [0.05, 0.1) is 6.10 Å². The highest BCUT2D eigenvalue weighted by molar-refractivity contribution is 5.27. The van der Waals surface area contributed by atoms with Crippen LogP contribution in [0.25, 0.3) is 0 Å². The maximum Gasteiger partial charge on any atom is 0.163 e. The van der Waals surface area contributed by atoms with Gasteiger partial charge in [0.15, 0.2) is 11.6 Å². The Bertz CT molecular complexity index is 396. The van der Waals surface area contributed by atoms with E-state index in [4.69, 9.17) is 4.74 Å². The highest BCUT2D eigenvalue weighted by Gasteiger charge is 2.18. The average Bonchev–Trinajstić information content (AvgIpc) is 2.38. The Labute approximate surface area is 107 Å². The molecule has 102 valence electrons. The first-order chi connectivity index (χ1) is 8.51. The fourth-order valence-corrected chi connectivity index (χ4v) is 1.90. The van der Waals surface area contributed by atoms with Crippen LogP contribution in [-0.4, -0.2) is 20.3 Å². The maximum absolute atomic E-state index is 13.9. The molecule has 0 amide bonds. The zero-order chi connectivity index (χ0) is 13.7. The Hall–Kier alpha value is -1.00. The van der Waals surface area contributed by atoms with E-state index < -0.39 is 11.6 Å². The second-order valence-electron chi connectivity index (χ2n) is 4.56. The SMILES string of the molecule is CNC(CCC(C)OC)c1ccc(C)c(F)c1F. The summed E-state index contributed by atoms with van der Waals surface area (Å²) in [4.78, 5) is 0. The summed E-state index contributed by atoms with van der Waals surface area (Å²) in [6.07, 6.45) is 1.60. The van der Waals surface area contributed by atoms with Gasteiger partial charge in [0.2, 0.25) is 0 Å². The molecule has 1 rings (SSSR count). The van der Waals surface area contributed by atoms with Gasteiger partial charge in [0, 0.05) is 18.7 Å². The third-order valence-electron chi connectivity index (χ3n) is 3.29. The predicted octanol–water partition coefficient (Wildman–Crippen LogP) is 3.35. The molecule has 0 saturated heterocycles. The summed E-state index contributed by atoms with van der Waals surface area (Å²) < 4.78 is 32.5. The smallest absolute Gasteiger partial charge is 0.163 e. The maximum atomic E-state index is 13.9. The van der Waals surface area contributed by atoms with Crippen molar-refractivity contribution >= 4 is 0 Å². The number of rotatable bonds is 6. The highest BCUT2D eigenvalue weighted by Crippen LogP contribution is 2.25. The zero-order valence-electron chi connectivity index (χ0n) is 11.4. The van der Waals surface area contributed by atoms with Gasteiger partial charge in [-0.15, -0.1) is 0 Å². The number of ether oxygens (including phenoxy) is 1. The summed E-state index contributed by atoms with van der Waals surface area (Å²) >= 11 is 0. The summed E-state index contributed by atoms with van der Waals surface area (Å²) in [5.41, 5.74) is 0.709. The molecule has 0 fully saturated rings. The Balaban J connectivity index is 2.85. The molecule has 1 aromatic carbocycles. The molecule has 0 aliphatic heterocycles. The third kappa shape index (κ3) is 3.50. The van der Waals surface area contributed by atoms with Crippen molar-refractivity contribution in [3.8, 4) is 0 Å². The fourth-order valence-electron chi connectivity index (χ4n) is 1.90. The number of aryl methyl sites for hydroxylation is 1. The summed E-state index contributed by atoms with van der Waals surface area (Å²) in [6.45, 7) is 3.52. The molecule has 0 heterocycles. The lowest BCUT2D eigenvalue weighted by Crippen LogP contribution is -2.20. The van der Waals surface area contributed by atoms with Crippen molar-refractivity contribution in [3.05, 3.63) is 34.9 Å². The Morgan fingerprint density at radius 1 is 1.22 bits per heavy atom. The Kier molecular flexibility index (Phi) is 5.69. The van der Waals surface area contributed by atoms with Crippen molar-refractivity contribution in [2.45, 2.75) is 38.8 Å². The van der Waals surface area contributed by atoms with Gasteiger partial charge >= 0.3 is 0 Å². The molecule has 1 aromatic rings. The quantitative estimate of drug-likeness (QED) is 0.844. The van der Waals surface area contributed by atoms with E-state index in [0.29, 0.717) is 17.5 Å². The monoisotopic (exact) mass is 257 g/mol. The number of nitrogens with one attached hydrogen (secondary N) is 1. The predicted molar refractivity (Wildman–Crippen MR) is 68.6 cm³/mol. The molecule has 2 unspecified atom stereocenters. The summed E-state index contributed by atoms with van der Waals surface area (Å²) in [7, 11) is 3.39. The van der Waals surface area contributed by atoms with Gasteiger partial charge < -0.3 is 10.1 Å². The minimum absolute atomic E-state index is 0.110. The van der Waals surface area contributed by atoms with Gasteiger partial charge in [-0.2, -0.15) is 0 Å². The minimum atomic E-state index is -0.757. The van der Waals surface area contributed by atoms with Gasteiger partial charge in [-0.25, -0.2) is 8.78 Å². The molecule has 0 spiro atoms. The third-order valence-corrected chi connectivity index (χ3v) is 3.29. The molecule has 2 nitrogen and oxygen atoms in total. The highest BCUT2D eigenvalue weighted by atomic mass is 19.2. The van der Waals surface area contributed by atoms with Crippen LogP contribution in [0.3, 0.4) is 0 Å². The summed E-state index contributed by atoms with van der Waals surface area (Å²) in [5.74, 6) is -1.51. The lowest BCUT2D eigenvalue weighted by Gasteiger charge is -2.19. The van der Waals surface area contributed by atoms with Gasteiger partial charge in [0.25, 0.3) is 0 Å². The van der Waals surface area contributed by atoms with Crippen molar-refractivity contribution in [3.63, 3.8) is 0 Å². The average molecular weight is 257 g/mol. The van der Waals surface area contributed by atoms with Crippen LogP contribution < -0.4 is 5.32 Å². The second kappa shape index (κ2) is 6.81. The molecule has 18 heavy (non-hydrogen) atoms. The van der Waals surface area contributed by atoms with Crippen LogP contribution in [0.4, 0.5) is 8.78 Å². The molecule has 0 saturated carbocycles. The van der Waals surface area contributed by atoms with Gasteiger partial charge in [-0.1, -0.05) is 12.1 Å². The van der Waals surface area contributed by atoms with Crippen molar-refractivity contribution < 1.29 is 13.5 Å². The largest absolute Gasteiger partial charge is 0.382 e. The molecule has 1 N–H and O–H groups in total. The van der Waals surface area contributed by atoms with Crippen LogP contribution in [0.1, 0.15) is 36.9 Å². The first-order valence-corrected chi connectivity index (χ1v) is 6.15. The second-order valence-corrected chi connectivity index (χ2v) is 4.56. The van der Waals surface area contributed by atoms with E-state index in [1.54, 1.807) is 33.2 Å². The van der Waals surface area contributed by atoms with Crippen molar-refractivity contribution in [2.24, 2.45) is 0 Å². The molecule has 0 radical (unpaired) electrons. The van der Waals surface area contributed by atoms with E-state index in [1.807, 2.05) is 6.92 Å². The lowest BCUT2D eigenvalue weighted by molar-refractivity contribution is 0.106. The number of methoxy groups -OCH3 is 1. The van der Waals surface area contributed by atoms with E-state index in [1.165, 1.54) is 0 Å². The number of halogens is 2. The van der Waals surface area contributed by atoms with Crippen LogP contribution in [0.5, 0.6) is 0 Å². The topological polar surface area (TPSA) is 21.3 Å². The normalized spacial score (nSPS) is 14.6. The number of hydrogen-bond donors (Lipinski definition) is 1. The Morgan fingerprint density at radius 2 is 1.89 bits per heavy atom. The van der Waals surface area contributed by atoms with E-state index >= 15 is 0 Å². The Morgan fingerprint density at radius 3 is 2.44 bits per heavy atom.